The monoisotopic (exact) mass is 333 g/mol. The Morgan fingerprint density at radius 2 is 1.91 bits per heavy atom. The molecule has 0 radical (unpaired) electrons. The van der Waals surface area contributed by atoms with Crippen molar-refractivity contribution in [2.45, 2.75) is 20.5 Å². The van der Waals surface area contributed by atoms with Crippen LogP contribution in [0.4, 0.5) is 5.69 Å². The molecule has 2 aromatic carbocycles. The van der Waals surface area contributed by atoms with Crippen LogP contribution in [0.2, 0.25) is 5.02 Å². The lowest BCUT2D eigenvalue weighted by Crippen LogP contribution is -2.13. The van der Waals surface area contributed by atoms with Crippen molar-refractivity contribution in [2.75, 3.05) is 18.5 Å². The molecule has 1 amide bonds. The third-order valence-corrected chi connectivity index (χ3v) is 3.54. The zero-order valence-corrected chi connectivity index (χ0v) is 14.0. The zero-order valence-electron chi connectivity index (χ0n) is 13.3. The molecule has 122 valence electrons. The van der Waals surface area contributed by atoms with E-state index in [-0.39, 0.29) is 5.91 Å². The average Bonchev–Trinajstić information content (AvgIpc) is 2.56. The van der Waals surface area contributed by atoms with Crippen molar-refractivity contribution in [2.24, 2.45) is 0 Å². The average molecular weight is 334 g/mol. The van der Waals surface area contributed by atoms with Crippen molar-refractivity contribution >= 4 is 23.2 Å². The largest absolute Gasteiger partial charge is 0.494 e. The fraction of sp³-hybridized carbons (Fsp3) is 0.278. The lowest BCUT2D eigenvalue weighted by atomic mass is 10.1. The van der Waals surface area contributed by atoms with Crippen LogP contribution in [0.3, 0.4) is 0 Å². The molecule has 2 aromatic rings. The number of hydrogen-bond acceptors (Lipinski definition) is 3. The predicted molar refractivity (Wildman–Crippen MR) is 92.3 cm³/mol. The quantitative estimate of drug-likeness (QED) is 0.810. The lowest BCUT2D eigenvalue weighted by molar-refractivity contribution is 0.102. The van der Waals surface area contributed by atoms with E-state index in [1.54, 1.807) is 30.3 Å². The summed E-state index contributed by atoms with van der Waals surface area (Å²) in [4.78, 5) is 12.4. The molecule has 0 bridgehead atoms. The van der Waals surface area contributed by atoms with Gasteiger partial charge in [0.1, 0.15) is 5.75 Å². The molecule has 0 aliphatic heterocycles. The van der Waals surface area contributed by atoms with Crippen molar-refractivity contribution in [1.29, 1.82) is 0 Å². The second-order valence-corrected chi connectivity index (χ2v) is 5.23. The van der Waals surface area contributed by atoms with Gasteiger partial charge in [-0.3, -0.25) is 4.79 Å². The lowest BCUT2D eigenvalue weighted by Gasteiger charge is -2.13. The first-order chi connectivity index (χ1) is 11.2. The van der Waals surface area contributed by atoms with Gasteiger partial charge < -0.3 is 14.8 Å². The summed E-state index contributed by atoms with van der Waals surface area (Å²) in [6.45, 7) is 5.40. The Bertz CT molecular complexity index is 673. The normalized spacial score (nSPS) is 10.4. The van der Waals surface area contributed by atoms with Crippen molar-refractivity contribution in [3.63, 3.8) is 0 Å². The van der Waals surface area contributed by atoms with Gasteiger partial charge in [-0.2, -0.15) is 0 Å². The first-order valence-electron chi connectivity index (χ1n) is 7.55. The minimum absolute atomic E-state index is 0.223. The summed E-state index contributed by atoms with van der Waals surface area (Å²) in [5.74, 6) is 0.508. The first kappa shape index (κ1) is 17.3. The van der Waals surface area contributed by atoms with Gasteiger partial charge in [-0.05, 0) is 44.2 Å². The van der Waals surface area contributed by atoms with Gasteiger partial charge in [0, 0.05) is 17.7 Å². The Kier molecular flexibility index (Phi) is 6.44. The molecule has 0 heterocycles. The van der Waals surface area contributed by atoms with E-state index in [1.807, 2.05) is 26.0 Å². The van der Waals surface area contributed by atoms with Crippen LogP contribution in [0.1, 0.15) is 29.8 Å². The number of ether oxygens (including phenoxy) is 2. The molecule has 0 atom stereocenters. The molecule has 0 unspecified atom stereocenters. The number of carbonyl (C=O) groups excluding carboxylic acids is 1. The van der Waals surface area contributed by atoms with Crippen LogP contribution in [-0.4, -0.2) is 19.1 Å². The van der Waals surface area contributed by atoms with Crippen LogP contribution in [0.25, 0.3) is 0 Å². The zero-order chi connectivity index (χ0) is 16.7. The Hall–Kier alpha value is -2.04. The van der Waals surface area contributed by atoms with Gasteiger partial charge in [-0.25, -0.2) is 0 Å². The maximum atomic E-state index is 12.4. The number of rotatable bonds is 7. The number of benzene rings is 2. The molecule has 0 aliphatic rings. The highest BCUT2D eigenvalue weighted by molar-refractivity contribution is 6.33. The Morgan fingerprint density at radius 1 is 1.13 bits per heavy atom. The Balaban J connectivity index is 2.21. The highest BCUT2D eigenvalue weighted by atomic mass is 35.5. The minimum Gasteiger partial charge on any atom is -0.494 e. The fourth-order valence-corrected chi connectivity index (χ4v) is 2.28. The first-order valence-corrected chi connectivity index (χ1v) is 7.92. The summed E-state index contributed by atoms with van der Waals surface area (Å²) in [5, 5.41) is 3.31. The summed E-state index contributed by atoms with van der Waals surface area (Å²) in [7, 11) is 0. The van der Waals surface area contributed by atoms with Crippen LogP contribution < -0.4 is 10.1 Å². The number of halogens is 1. The van der Waals surface area contributed by atoms with Crippen molar-refractivity contribution in [3.8, 4) is 5.75 Å². The fourth-order valence-electron chi connectivity index (χ4n) is 2.10. The molecule has 0 aromatic heterocycles. The number of hydrogen-bond donors (Lipinski definition) is 1. The molecule has 4 nitrogen and oxygen atoms in total. The molecular weight excluding hydrogens is 314 g/mol. The highest BCUT2D eigenvalue weighted by Gasteiger charge is 2.12. The predicted octanol–water partition coefficient (Wildman–Crippen LogP) is 4.53. The molecule has 5 heteroatoms. The van der Waals surface area contributed by atoms with Gasteiger partial charge in [0.25, 0.3) is 5.91 Å². The van der Waals surface area contributed by atoms with Crippen LogP contribution in [-0.2, 0) is 11.3 Å². The molecule has 1 N–H and O–H groups in total. The Morgan fingerprint density at radius 3 is 2.61 bits per heavy atom. The third kappa shape index (κ3) is 4.71. The number of para-hydroxylation sites is 1. The number of carbonyl (C=O) groups is 1. The maximum Gasteiger partial charge on any atom is 0.255 e. The highest BCUT2D eigenvalue weighted by Crippen LogP contribution is 2.24. The summed E-state index contributed by atoms with van der Waals surface area (Å²) in [5.41, 5.74) is 1.96. The molecule has 0 saturated carbocycles. The summed E-state index contributed by atoms with van der Waals surface area (Å²) in [6, 6.07) is 12.4. The van der Waals surface area contributed by atoms with Gasteiger partial charge in [-0.1, -0.05) is 23.7 Å². The van der Waals surface area contributed by atoms with Gasteiger partial charge in [0.15, 0.2) is 0 Å². The summed E-state index contributed by atoms with van der Waals surface area (Å²) in [6.07, 6.45) is 0. The van der Waals surface area contributed by atoms with E-state index in [4.69, 9.17) is 21.1 Å². The molecule has 0 fully saturated rings. The number of amides is 1. The van der Waals surface area contributed by atoms with E-state index in [9.17, 15) is 4.79 Å². The molecule has 23 heavy (non-hydrogen) atoms. The van der Waals surface area contributed by atoms with E-state index in [0.29, 0.717) is 36.1 Å². The standard InChI is InChI=1S/C18H20ClNO3/c1-3-22-12-14-11-13(9-10-17(14)23-4-2)18(21)20-16-8-6-5-7-15(16)19/h5-11H,3-4,12H2,1-2H3,(H,20,21). The smallest absolute Gasteiger partial charge is 0.255 e. The number of nitrogens with one attached hydrogen (secondary N) is 1. The maximum absolute atomic E-state index is 12.4. The van der Waals surface area contributed by atoms with Crippen molar-refractivity contribution in [3.05, 3.63) is 58.6 Å². The van der Waals surface area contributed by atoms with Crippen LogP contribution in [0.5, 0.6) is 5.75 Å². The summed E-state index contributed by atoms with van der Waals surface area (Å²) >= 11 is 6.07. The van der Waals surface area contributed by atoms with Crippen LogP contribution in [0.15, 0.2) is 42.5 Å². The van der Waals surface area contributed by atoms with Gasteiger partial charge >= 0.3 is 0 Å². The van der Waals surface area contributed by atoms with Crippen molar-refractivity contribution < 1.29 is 14.3 Å². The second-order valence-electron chi connectivity index (χ2n) is 4.83. The van der Waals surface area contributed by atoms with E-state index in [0.717, 1.165) is 11.3 Å². The Labute approximate surface area is 141 Å². The molecule has 0 aliphatic carbocycles. The van der Waals surface area contributed by atoms with Crippen LogP contribution >= 0.6 is 11.6 Å². The van der Waals surface area contributed by atoms with E-state index >= 15 is 0 Å². The SMILES string of the molecule is CCOCc1cc(C(=O)Nc2ccccc2Cl)ccc1OCC. The third-order valence-electron chi connectivity index (χ3n) is 3.21. The van der Waals surface area contributed by atoms with Crippen LogP contribution in [0, 0.1) is 0 Å². The van der Waals surface area contributed by atoms with E-state index < -0.39 is 0 Å². The molecule has 0 saturated heterocycles. The van der Waals surface area contributed by atoms with Gasteiger partial charge in [-0.15, -0.1) is 0 Å². The van der Waals surface area contributed by atoms with E-state index in [1.165, 1.54) is 0 Å². The van der Waals surface area contributed by atoms with Gasteiger partial charge in [0.05, 0.1) is 23.9 Å². The molecule has 2 rings (SSSR count). The summed E-state index contributed by atoms with van der Waals surface area (Å²) < 4.78 is 11.0. The minimum atomic E-state index is -0.223. The van der Waals surface area contributed by atoms with E-state index in [2.05, 4.69) is 5.32 Å². The molecular formula is C18H20ClNO3. The topological polar surface area (TPSA) is 47.6 Å². The second kappa shape index (κ2) is 8.56. The molecule has 0 spiro atoms. The van der Waals surface area contributed by atoms with Gasteiger partial charge in [0.2, 0.25) is 0 Å². The van der Waals surface area contributed by atoms with Crippen molar-refractivity contribution in [1.82, 2.24) is 0 Å². The number of anilines is 1.